The van der Waals surface area contributed by atoms with Crippen molar-refractivity contribution >= 4 is 22.8 Å². The monoisotopic (exact) mass is 312 g/mol. The van der Waals surface area contributed by atoms with Crippen LogP contribution in [-0.2, 0) is 4.74 Å². The third kappa shape index (κ3) is 2.60. The van der Waals surface area contributed by atoms with E-state index in [0.717, 1.165) is 46.9 Å². The number of ether oxygens (including phenoxy) is 1. The van der Waals surface area contributed by atoms with Crippen LogP contribution in [0.25, 0.3) is 16.7 Å². The fourth-order valence-corrected chi connectivity index (χ4v) is 3.67. The number of hydrogen-bond donors (Lipinski definition) is 0. The standard InChI is InChI=1S/C16H16N4OS/c1-2-5-12(6-3-1)20-15-14(9-19-20)16(18-11-17-15)22-10-13-7-4-8-21-13/h1-3,5-6,9,11,13H,4,7-8,10H2/t13-/m0/s1. The van der Waals surface area contributed by atoms with E-state index in [1.54, 1.807) is 18.1 Å². The van der Waals surface area contributed by atoms with Gasteiger partial charge >= 0.3 is 0 Å². The molecule has 1 aliphatic heterocycles. The largest absolute Gasteiger partial charge is 0.377 e. The number of fused-ring (bicyclic) bond motifs is 1. The lowest BCUT2D eigenvalue weighted by Gasteiger charge is -2.08. The predicted molar refractivity (Wildman–Crippen MR) is 86.4 cm³/mol. The molecule has 4 rings (SSSR count). The lowest BCUT2D eigenvalue weighted by atomic mass is 10.3. The van der Waals surface area contributed by atoms with Crippen LogP contribution in [-0.4, -0.2) is 38.2 Å². The molecule has 0 amide bonds. The molecular weight excluding hydrogens is 296 g/mol. The highest BCUT2D eigenvalue weighted by Crippen LogP contribution is 2.28. The SMILES string of the molecule is c1ccc(-n2ncc3c(SC[C@@H]4CCCO4)ncnc32)cc1. The summed E-state index contributed by atoms with van der Waals surface area (Å²) in [7, 11) is 0. The van der Waals surface area contributed by atoms with Gasteiger partial charge < -0.3 is 4.74 Å². The van der Waals surface area contributed by atoms with E-state index in [-0.39, 0.29) is 0 Å². The molecule has 3 heterocycles. The van der Waals surface area contributed by atoms with E-state index in [2.05, 4.69) is 15.1 Å². The second-order valence-electron chi connectivity index (χ2n) is 5.25. The molecule has 1 aromatic carbocycles. The molecule has 0 aliphatic carbocycles. The van der Waals surface area contributed by atoms with Gasteiger partial charge in [-0.1, -0.05) is 18.2 Å². The van der Waals surface area contributed by atoms with E-state index in [0.29, 0.717) is 6.10 Å². The van der Waals surface area contributed by atoms with E-state index >= 15 is 0 Å². The Labute approximate surface area is 132 Å². The molecule has 6 heteroatoms. The normalized spacial score (nSPS) is 18.1. The van der Waals surface area contributed by atoms with Gasteiger partial charge in [0.1, 0.15) is 11.4 Å². The Kier molecular flexibility index (Phi) is 3.78. The molecule has 1 saturated heterocycles. The molecule has 0 N–H and O–H groups in total. The Balaban J connectivity index is 1.65. The zero-order chi connectivity index (χ0) is 14.8. The van der Waals surface area contributed by atoms with E-state index < -0.39 is 0 Å². The molecule has 1 atom stereocenters. The third-order valence-corrected chi connectivity index (χ3v) is 4.90. The maximum atomic E-state index is 5.68. The summed E-state index contributed by atoms with van der Waals surface area (Å²) in [4.78, 5) is 8.82. The van der Waals surface area contributed by atoms with Gasteiger partial charge in [0.2, 0.25) is 0 Å². The Morgan fingerprint density at radius 1 is 1.23 bits per heavy atom. The molecule has 3 aromatic rings. The Morgan fingerprint density at radius 2 is 2.14 bits per heavy atom. The zero-order valence-corrected chi connectivity index (χ0v) is 12.9. The van der Waals surface area contributed by atoms with Crippen LogP contribution in [0.3, 0.4) is 0 Å². The van der Waals surface area contributed by atoms with Gasteiger partial charge in [-0.05, 0) is 25.0 Å². The average molecular weight is 312 g/mol. The lowest BCUT2D eigenvalue weighted by molar-refractivity contribution is 0.129. The summed E-state index contributed by atoms with van der Waals surface area (Å²) in [5.74, 6) is 0.933. The van der Waals surface area contributed by atoms with E-state index in [1.807, 2.05) is 41.2 Å². The van der Waals surface area contributed by atoms with Gasteiger partial charge in [-0.25, -0.2) is 14.6 Å². The predicted octanol–water partition coefficient (Wildman–Crippen LogP) is 3.09. The van der Waals surface area contributed by atoms with Crippen molar-refractivity contribution < 1.29 is 4.74 Å². The summed E-state index contributed by atoms with van der Waals surface area (Å²) >= 11 is 1.73. The minimum Gasteiger partial charge on any atom is -0.377 e. The minimum atomic E-state index is 0.346. The number of rotatable bonds is 4. The fraction of sp³-hybridized carbons (Fsp3) is 0.312. The first-order valence-electron chi connectivity index (χ1n) is 7.40. The van der Waals surface area contributed by atoms with Crippen LogP contribution in [0.4, 0.5) is 0 Å². The van der Waals surface area contributed by atoms with Gasteiger partial charge in [-0.15, -0.1) is 11.8 Å². The van der Waals surface area contributed by atoms with Crippen LogP contribution < -0.4 is 0 Å². The molecule has 0 spiro atoms. The Hall–Kier alpha value is -1.92. The highest BCUT2D eigenvalue weighted by molar-refractivity contribution is 7.99. The summed E-state index contributed by atoms with van der Waals surface area (Å²) in [5, 5.41) is 6.45. The molecule has 0 radical (unpaired) electrons. The Morgan fingerprint density at radius 3 is 2.95 bits per heavy atom. The van der Waals surface area contributed by atoms with Gasteiger partial charge in [-0.3, -0.25) is 0 Å². The molecule has 1 fully saturated rings. The van der Waals surface area contributed by atoms with E-state index in [4.69, 9.17) is 4.74 Å². The van der Waals surface area contributed by atoms with Crippen molar-refractivity contribution in [3.8, 4) is 5.69 Å². The van der Waals surface area contributed by atoms with E-state index in [9.17, 15) is 0 Å². The van der Waals surface area contributed by atoms with Gasteiger partial charge in [0.05, 0.1) is 23.4 Å². The topological polar surface area (TPSA) is 52.8 Å². The maximum absolute atomic E-state index is 5.68. The van der Waals surface area contributed by atoms with Gasteiger partial charge in [0.15, 0.2) is 5.65 Å². The van der Waals surface area contributed by atoms with Crippen LogP contribution in [0.15, 0.2) is 47.9 Å². The van der Waals surface area contributed by atoms with Crippen LogP contribution in [0.5, 0.6) is 0 Å². The van der Waals surface area contributed by atoms with E-state index in [1.165, 1.54) is 0 Å². The Bertz CT molecular complexity index is 768. The van der Waals surface area contributed by atoms with Crippen molar-refractivity contribution in [1.29, 1.82) is 0 Å². The first-order valence-corrected chi connectivity index (χ1v) is 8.39. The number of hydrogen-bond acceptors (Lipinski definition) is 5. The van der Waals surface area contributed by atoms with Crippen LogP contribution in [0, 0.1) is 0 Å². The second-order valence-corrected chi connectivity index (χ2v) is 6.26. The van der Waals surface area contributed by atoms with Crippen LogP contribution >= 0.6 is 11.8 Å². The van der Waals surface area contributed by atoms with Crippen molar-refractivity contribution in [2.75, 3.05) is 12.4 Å². The summed E-state index contributed by atoms with van der Waals surface area (Å²) in [6, 6.07) is 10.0. The van der Waals surface area contributed by atoms with Gasteiger partial charge in [0, 0.05) is 12.4 Å². The smallest absolute Gasteiger partial charge is 0.167 e. The maximum Gasteiger partial charge on any atom is 0.167 e. The first-order chi connectivity index (χ1) is 10.9. The molecule has 0 bridgehead atoms. The number of thioether (sulfide) groups is 1. The van der Waals surface area contributed by atoms with Gasteiger partial charge in [0.25, 0.3) is 0 Å². The molecule has 5 nitrogen and oxygen atoms in total. The number of benzene rings is 1. The fourth-order valence-electron chi connectivity index (χ4n) is 2.64. The van der Waals surface area contributed by atoms with Crippen molar-refractivity contribution in [1.82, 2.24) is 19.7 Å². The number of para-hydroxylation sites is 1. The lowest BCUT2D eigenvalue weighted by Crippen LogP contribution is -2.08. The molecule has 112 valence electrons. The quantitative estimate of drug-likeness (QED) is 0.547. The molecule has 0 saturated carbocycles. The van der Waals surface area contributed by atoms with Crippen LogP contribution in [0.1, 0.15) is 12.8 Å². The first kappa shape index (κ1) is 13.7. The summed E-state index contributed by atoms with van der Waals surface area (Å²) in [6.07, 6.45) is 6.11. The highest BCUT2D eigenvalue weighted by Gasteiger charge is 2.17. The molecular formula is C16H16N4OS. The summed E-state index contributed by atoms with van der Waals surface area (Å²) in [6.45, 7) is 0.885. The van der Waals surface area contributed by atoms with Crippen molar-refractivity contribution in [2.45, 2.75) is 24.0 Å². The summed E-state index contributed by atoms with van der Waals surface area (Å²) < 4.78 is 7.53. The third-order valence-electron chi connectivity index (χ3n) is 3.76. The van der Waals surface area contributed by atoms with Gasteiger partial charge in [-0.2, -0.15) is 5.10 Å². The summed E-state index contributed by atoms with van der Waals surface area (Å²) in [5.41, 5.74) is 1.85. The molecule has 2 aromatic heterocycles. The van der Waals surface area contributed by atoms with Crippen LogP contribution in [0.2, 0.25) is 0 Å². The zero-order valence-electron chi connectivity index (χ0n) is 12.1. The van der Waals surface area contributed by atoms with Crippen molar-refractivity contribution in [3.05, 3.63) is 42.9 Å². The minimum absolute atomic E-state index is 0.346. The highest BCUT2D eigenvalue weighted by atomic mass is 32.2. The second kappa shape index (κ2) is 6.06. The van der Waals surface area contributed by atoms with Crippen molar-refractivity contribution in [3.63, 3.8) is 0 Å². The number of aromatic nitrogens is 4. The number of nitrogens with zero attached hydrogens (tertiary/aromatic N) is 4. The van der Waals surface area contributed by atoms with Crippen molar-refractivity contribution in [2.24, 2.45) is 0 Å². The molecule has 22 heavy (non-hydrogen) atoms. The molecule has 1 aliphatic rings. The average Bonchev–Trinajstić information content (AvgIpc) is 3.23. The molecule has 0 unspecified atom stereocenters.